The largest absolute Gasteiger partial charge is 0.316 e. The Hall–Kier alpha value is 0.01000. The molecule has 2 unspecified atom stereocenters. The Balaban J connectivity index is 2.02. The molecule has 1 aromatic carbocycles. The first-order chi connectivity index (χ1) is 9.55. The maximum Gasteiger partial charge on any atom is 0.0178 e. The van der Waals surface area contributed by atoms with E-state index in [-0.39, 0.29) is 0 Å². The SMILES string of the molecule is CC1(C)CCSCC12CCNCC2c1cccc(Br)c1. The number of hydrogen-bond donors (Lipinski definition) is 1. The fraction of sp³-hybridized carbons (Fsp3) is 0.647. The van der Waals surface area contributed by atoms with Crippen LogP contribution < -0.4 is 5.32 Å². The molecular weight excluding hydrogens is 330 g/mol. The third-order valence-electron chi connectivity index (χ3n) is 5.59. The first-order valence-electron chi connectivity index (χ1n) is 7.59. The summed E-state index contributed by atoms with van der Waals surface area (Å²) in [4.78, 5) is 0. The van der Waals surface area contributed by atoms with Crippen LogP contribution in [0.5, 0.6) is 0 Å². The van der Waals surface area contributed by atoms with Gasteiger partial charge in [-0.05, 0) is 53.7 Å². The van der Waals surface area contributed by atoms with Gasteiger partial charge < -0.3 is 5.32 Å². The van der Waals surface area contributed by atoms with Gasteiger partial charge in [-0.25, -0.2) is 0 Å². The van der Waals surface area contributed by atoms with Crippen molar-refractivity contribution in [3.63, 3.8) is 0 Å². The summed E-state index contributed by atoms with van der Waals surface area (Å²) in [5.41, 5.74) is 2.39. The van der Waals surface area contributed by atoms with Gasteiger partial charge in [-0.3, -0.25) is 0 Å². The summed E-state index contributed by atoms with van der Waals surface area (Å²) in [6, 6.07) is 8.96. The summed E-state index contributed by atoms with van der Waals surface area (Å²) in [5.74, 6) is 3.28. The van der Waals surface area contributed by atoms with E-state index in [1.165, 1.54) is 40.9 Å². The van der Waals surface area contributed by atoms with Gasteiger partial charge in [0.2, 0.25) is 0 Å². The Morgan fingerprint density at radius 1 is 1.30 bits per heavy atom. The molecule has 1 N–H and O–H groups in total. The van der Waals surface area contributed by atoms with Gasteiger partial charge in [0.15, 0.2) is 0 Å². The molecule has 1 aromatic rings. The van der Waals surface area contributed by atoms with Crippen molar-refractivity contribution in [1.29, 1.82) is 0 Å². The standard InChI is InChI=1S/C17H24BrNS/c1-16(2)7-9-20-12-17(16)6-8-19-11-15(17)13-4-3-5-14(18)10-13/h3-5,10,15,19H,6-9,11-12H2,1-2H3. The Kier molecular flexibility index (Phi) is 4.22. The van der Waals surface area contributed by atoms with Gasteiger partial charge in [0.1, 0.15) is 0 Å². The Morgan fingerprint density at radius 3 is 2.90 bits per heavy atom. The van der Waals surface area contributed by atoms with Gasteiger partial charge in [-0.1, -0.05) is 41.9 Å². The third kappa shape index (κ3) is 2.46. The molecule has 2 aliphatic heterocycles. The second-order valence-electron chi connectivity index (χ2n) is 6.90. The molecule has 0 saturated carbocycles. The topological polar surface area (TPSA) is 12.0 Å². The van der Waals surface area contributed by atoms with Crippen LogP contribution >= 0.6 is 27.7 Å². The van der Waals surface area contributed by atoms with Crippen LogP contribution in [0.1, 0.15) is 38.2 Å². The lowest BCUT2D eigenvalue weighted by atomic mass is 9.54. The molecule has 2 aliphatic rings. The number of rotatable bonds is 1. The first-order valence-corrected chi connectivity index (χ1v) is 9.54. The highest BCUT2D eigenvalue weighted by molar-refractivity contribution is 9.10. The Bertz CT molecular complexity index is 482. The van der Waals surface area contributed by atoms with E-state index in [0.29, 0.717) is 16.7 Å². The molecule has 0 aliphatic carbocycles. The molecule has 3 heteroatoms. The van der Waals surface area contributed by atoms with E-state index in [1.54, 1.807) is 0 Å². The zero-order valence-corrected chi connectivity index (χ0v) is 14.8. The van der Waals surface area contributed by atoms with E-state index >= 15 is 0 Å². The van der Waals surface area contributed by atoms with Gasteiger partial charge in [0.25, 0.3) is 0 Å². The molecule has 20 heavy (non-hydrogen) atoms. The van der Waals surface area contributed by atoms with Gasteiger partial charge in [0.05, 0.1) is 0 Å². The van der Waals surface area contributed by atoms with E-state index in [0.717, 1.165) is 6.54 Å². The lowest BCUT2D eigenvalue weighted by molar-refractivity contribution is 0.0255. The van der Waals surface area contributed by atoms with Crippen molar-refractivity contribution in [3.05, 3.63) is 34.3 Å². The number of benzene rings is 1. The predicted molar refractivity (Wildman–Crippen MR) is 92.5 cm³/mol. The average Bonchev–Trinajstić information content (AvgIpc) is 2.43. The Morgan fingerprint density at radius 2 is 2.15 bits per heavy atom. The lowest BCUT2D eigenvalue weighted by Gasteiger charge is -2.57. The normalized spacial score (nSPS) is 33.2. The highest BCUT2D eigenvalue weighted by atomic mass is 79.9. The smallest absolute Gasteiger partial charge is 0.0178 e. The molecule has 2 atom stereocenters. The van der Waals surface area contributed by atoms with Crippen molar-refractivity contribution in [3.8, 4) is 0 Å². The van der Waals surface area contributed by atoms with E-state index in [9.17, 15) is 0 Å². The number of nitrogens with one attached hydrogen (secondary N) is 1. The minimum absolute atomic E-state index is 0.438. The van der Waals surface area contributed by atoms with Crippen LogP contribution in [0.25, 0.3) is 0 Å². The maximum atomic E-state index is 3.64. The molecule has 2 heterocycles. The average molecular weight is 354 g/mol. The van der Waals surface area contributed by atoms with Gasteiger partial charge in [-0.15, -0.1) is 0 Å². The zero-order chi connectivity index (χ0) is 14.2. The summed E-state index contributed by atoms with van der Waals surface area (Å²) >= 11 is 5.81. The molecule has 0 bridgehead atoms. The summed E-state index contributed by atoms with van der Waals surface area (Å²) in [6.45, 7) is 7.31. The van der Waals surface area contributed by atoms with E-state index in [4.69, 9.17) is 0 Å². The van der Waals surface area contributed by atoms with Gasteiger partial charge >= 0.3 is 0 Å². The molecule has 1 spiro atoms. The Labute approximate surface area is 135 Å². The number of halogens is 1. The second kappa shape index (κ2) is 5.66. The third-order valence-corrected chi connectivity index (χ3v) is 7.30. The van der Waals surface area contributed by atoms with Crippen molar-refractivity contribution in [2.75, 3.05) is 24.6 Å². The van der Waals surface area contributed by atoms with Crippen LogP contribution in [0.4, 0.5) is 0 Å². The van der Waals surface area contributed by atoms with E-state index < -0.39 is 0 Å². The van der Waals surface area contributed by atoms with Gasteiger partial charge in [0, 0.05) is 22.7 Å². The molecular formula is C17H24BrNS. The summed E-state index contributed by atoms with van der Waals surface area (Å²) in [7, 11) is 0. The van der Waals surface area contributed by atoms with E-state index in [2.05, 4.69) is 71.1 Å². The van der Waals surface area contributed by atoms with Crippen molar-refractivity contribution < 1.29 is 0 Å². The van der Waals surface area contributed by atoms with Crippen LogP contribution in [0.2, 0.25) is 0 Å². The van der Waals surface area contributed by atoms with Crippen LogP contribution in [0.3, 0.4) is 0 Å². The summed E-state index contributed by atoms with van der Waals surface area (Å²) < 4.78 is 1.21. The summed E-state index contributed by atoms with van der Waals surface area (Å²) in [5, 5.41) is 3.64. The fourth-order valence-electron chi connectivity index (χ4n) is 4.10. The van der Waals surface area contributed by atoms with E-state index in [1.807, 2.05) is 0 Å². The van der Waals surface area contributed by atoms with Gasteiger partial charge in [-0.2, -0.15) is 11.8 Å². The molecule has 2 fully saturated rings. The minimum atomic E-state index is 0.438. The monoisotopic (exact) mass is 353 g/mol. The lowest BCUT2D eigenvalue weighted by Crippen LogP contribution is -2.54. The van der Waals surface area contributed by atoms with Crippen LogP contribution in [0, 0.1) is 10.8 Å². The quantitative estimate of drug-likeness (QED) is 0.786. The molecule has 110 valence electrons. The fourth-order valence-corrected chi connectivity index (χ4v) is 6.41. The maximum absolute atomic E-state index is 3.64. The van der Waals surface area contributed by atoms with Crippen molar-refractivity contribution >= 4 is 27.7 Å². The van der Waals surface area contributed by atoms with Crippen LogP contribution in [0.15, 0.2) is 28.7 Å². The van der Waals surface area contributed by atoms with Crippen LogP contribution in [-0.4, -0.2) is 24.6 Å². The van der Waals surface area contributed by atoms with Crippen LogP contribution in [-0.2, 0) is 0 Å². The first kappa shape index (κ1) is 14.9. The highest BCUT2D eigenvalue weighted by Crippen LogP contribution is 2.58. The summed E-state index contributed by atoms with van der Waals surface area (Å²) in [6.07, 6.45) is 2.66. The van der Waals surface area contributed by atoms with Crippen molar-refractivity contribution in [2.45, 2.75) is 32.6 Å². The molecule has 0 radical (unpaired) electrons. The second-order valence-corrected chi connectivity index (χ2v) is 8.93. The number of piperidine rings is 1. The highest BCUT2D eigenvalue weighted by Gasteiger charge is 2.52. The molecule has 2 saturated heterocycles. The van der Waals surface area contributed by atoms with Crippen molar-refractivity contribution in [2.24, 2.45) is 10.8 Å². The zero-order valence-electron chi connectivity index (χ0n) is 12.4. The number of thioether (sulfide) groups is 1. The molecule has 0 aromatic heterocycles. The number of hydrogen-bond acceptors (Lipinski definition) is 2. The minimum Gasteiger partial charge on any atom is -0.316 e. The molecule has 3 rings (SSSR count). The van der Waals surface area contributed by atoms with Crippen molar-refractivity contribution in [1.82, 2.24) is 5.32 Å². The predicted octanol–water partition coefficient (Wildman–Crippen LogP) is 4.68. The molecule has 0 amide bonds. The molecule has 1 nitrogen and oxygen atoms in total.